The van der Waals surface area contributed by atoms with E-state index in [2.05, 4.69) is 33.6 Å². The minimum atomic E-state index is -0.0410. The molecule has 2 N–H and O–H groups in total. The molecule has 1 aromatic heterocycles. The number of amides is 1. The molecule has 1 aromatic carbocycles. The number of aromatic nitrogens is 3. The van der Waals surface area contributed by atoms with Gasteiger partial charge in [-0.1, -0.05) is 35.5 Å². The van der Waals surface area contributed by atoms with E-state index in [1.54, 1.807) is 4.68 Å². The fraction of sp³-hybridized carbons (Fsp3) is 0.357. The molecule has 0 saturated heterocycles. The monoisotopic (exact) mass is 305 g/mol. The average Bonchev–Trinajstić information content (AvgIpc) is 2.93. The van der Waals surface area contributed by atoms with Crippen LogP contribution in [0.4, 0.5) is 0 Å². The van der Waals surface area contributed by atoms with Gasteiger partial charge in [-0.15, -0.1) is 5.10 Å². The third-order valence-corrected chi connectivity index (χ3v) is 3.02. The molecule has 0 bridgehead atoms. The Bertz CT molecular complexity index is 558. The van der Waals surface area contributed by atoms with E-state index < -0.39 is 0 Å². The minimum absolute atomic E-state index is 0.0410. The number of hydrogen-bond donors (Lipinski definition) is 3. The van der Waals surface area contributed by atoms with Crippen LogP contribution in [0.1, 0.15) is 11.3 Å². The summed E-state index contributed by atoms with van der Waals surface area (Å²) in [4.78, 5) is 11.4. The van der Waals surface area contributed by atoms with Gasteiger partial charge in [-0.25, -0.2) is 4.68 Å². The first-order valence-electron chi connectivity index (χ1n) is 6.79. The molecule has 1 amide bonds. The summed E-state index contributed by atoms with van der Waals surface area (Å²) >= 11 is 4.03. The zero-order valence-electron chi connectivity index (χ0n) is 11.7. The highest BCUT2D eigenvalue weighted by molar-refractivity contribution is 7.80. The van der Waals surface area contributed by atoms with Crippen LogP contribution in [0.3, 0.4) is 0 Å². The molecule has 0 saturated carbocycles. The first kappa shape index (κ1) is 15.5. The second-order valence-corrected chi connectivity index (χ2v) is 5.02. The van der Waals surface area contributed by atoms with Crippen molar-refractivity contribution in [2.45, 2.75) is 13.1 Å². The van der Waals surface area contributed by atoms with Crippen molar-refractivity contribution in [1.82, 2.24) is 25.6 Å². The number of carbonyl (C=O) groups excluding carboxylic acids is 1. The predicted octanol–water partition coefficient (Wildman–Crippen LogP) is 0.462. The van der Waals surface area contributed by atoms with Gasteiger partial charge in [0.25, 0.3) is 0 Å². The van der Waals surface area contributed by atoms with Gasteiger partial charge >= 0.3 is 0 Å². The van der Waals surface area contributed by atoms with Crippen LogP contribution in [0.25, 0.3) is 0 Å². The highest BCUT2D eigenvalue weighted by atomic mass is 32.1. The third kappa shape index (κ3) is 5.57. The van der Waals surface area contributed by atoms with Gasteiger partial charge < -0.3 is 10.6 Å². The summed E-state index contributed by atoms with van der Waals surface area (Å²) in [5, 5.41) is 13.9. The van der Waals surface area contributed by atoms with Crippen molar-refractivity contribution in [2.24, 2.45) is 0 Å². The Morgan fingerprint density at radius 1 is 1.29 bits per heavy atom. The number of nitrogens with zero attached hydrogens (tertiary/aromatic N) is 3. The fourth-order valence-corrected chi connectivity index (χ4v) is 1.94. The molecule has 0 radical (unpaired) electrons. The smallest absolute Gasteiger partial charge is 0.233 e. The molecule has 7 heteroatoms. The van der Waals surface area contributed by atoms with Gasteiger partial charge in [-0.05, 0) is 5.56 Å². The SMILES string of the molecule is O=C(CNCc1cn(Cc2ccccc2)nn1)NCCS. The number of rotatable bonds is 8. The van der Waals surface area contributed by atoms with Crippen LogP contribution in [0.5, 0.6) is 0 Å². The van der Waals surface area contributed by atoms with Crippen molar-refractivity contribution in [2.75, 3.05) is 18.8 Å². The Hall–Kier alpha value is -1.86. The Labute approximate surface area is 129 Å². The minimum Gasteiger partial charge on any atom is -0.354 e. The predicted molar refractivity (Wildman–Crippen MR) is 84.1 cm³/mol. The van der Waals surface area contributed by atoms with Crippen LogP contribution in [-0.2, 0) is 17.9 Å². The van der Waals surface area contributed by atoms with Crippen molar-refractivity contribution < 1.29 is 4.79 Å². The Kier molecular flexibility index (Phi) is 6.23. The number of nitrogens with one attached hydrogen (secondary N) is 2. The Morgan fingerprint density at radius 2 is 2.10 bits per heavy atom. The molecule has 0 spiro atoms. The Morgan fingerprint density at radius 3 is 2.86 bits per heavy atom. The molecule has 0 aliphatic rings. The number of benzene rings is 1. The summed E-state index contributed by atoms with van der Waals surface area (Å²) in [7, 11) is 0. The summed E-state index contributed by atoms with van der Waals surface area (Å²) in [6.45, 7) is 2.05. The van der Waals surface area contributed by atoms with Crippen LogP contribution in [0.2, 0.25) is 0 Å². The number of carbonyl (C=O) groups is 1. The molecule has 6 nitrogen and oxygen atoms in total. The largest absolute Gasteiger partial charge is 0.354 e. The molecule has 0 aliphatic heterocycles. The van der Waals surface area contributed by atoms with E-state index in [1.165, 1.54) is 5.56 Å². The van der Waals surface area contributed by atoms with Crippen LogP contribution in [-0.4, -0.2) is 39.7 Å². The van der Waals surface area contributed by atoms with Gasteiger partial charge in [-0.3, -0.25) is 4.79 Å². The molecular formula is C14H19N5OS. The highest BCUT2D eigenvalue weighted by Crippen LogP contribution is 2.01. The Balaban J connectivity index is 1.74. The zero-order valence-corrected chi connectivity index (χ0v) is 12.6. The average molecular weight is 305 g/mol. The van der Waals surface area contributed by atoms with Crippen molar-refractivity contribution in [3.8, 4) is 0 Å². The zero-order chi connectivity index (χ0) is 14.9. The van der Waals surface area contributed by atoms with E-state index >= 15 is 0 Å². The molecule has 2 rings (SSSR count). The standard InChI is InChI=1S/C14H19N5OS/c20-14(16-6-7-21)9-15-8-13-11-19(18-17-13)10-12-4-2-1-3-5-12/h1-5,11,15,21H,6-10H2,(H,16,20). The van der Waals surface area contributed by atoms with E-state index in [0.29, 0.717) is 25.4 Å². The molecule has 0 atom stereocenters. The van der Waals surface area contributed by atoms with Crippen molar-refractivity contribution in [3.63, 3.8) is 0 Å². The molecular weight excluding hydrogens is 286 g/mol. The molecule has 1 heterocycles. The summed E-state index contributed by atoms with van der Waals surface area (Å²) in [6, 6.07) is 10.1. The number of hydrogen-bond acceptors (Lipinski definition) is 5. The lowest BCUT2D eigenvalue weighted by molar-refractivity contribution is -0.120. The van der Waals surface area contributed by atoms with Gasteiger partial charge in [-0.2, -0.15) is 12.6 Å². The third-order valence-electron chi connectivity index (χ3n) is 2.80. The van der Waals surface area contributed by atoms with Gasteiger partial charge in [0.05, 0.1) is 25.0 Å². The summed E-state index contributed by atoms with van der Waals surface area (Å²) < 4.78 is 1.79. The van der Waals surface area contributed by atoms with Crippen molar-refractivity contribution in [3.05, 3.63) is 47.8 Å². The van der Waals surface area contributed by atoms with Gasteiger partial charge in [0.1, 0.15) is 0 Å². The van der Waals surface area contributed by atoms with Gasteiger partial charge in [0, 0.05) is 18.8 Å². The van der Waals surface area contributed by atoms with E-state index in [0.717, 1.165) is 5.69 Å². The summed E-state index contributed by atoms with van der Waals surface area (Å²) in [6.07, 6.45) is 1.88. The van der Waals surface area contributed by atoms with E-state index in [9.17, 15) is 4.79 Å². The molecule has 21 heavy (non-hydrogen) atoms. The van der Waals surface area contributed by atoms with E-state index in [-0.39, 0.29) is 12.5 Å². The van der Waals surface area contributed by atoms with Crippen LogP contribution < -0.4 is 10.6 Å². The lowest BCUT2D eigenvalue weighted by Crippen LogP contribution is -2.34. The maximum Gasteiger partial charge on any atom is 0.233 e. The van der Waals surface area contributed by atoms with Gasteiger partial charge in [0.15, 0.2) is 0 Å². The van der Waals surface area contributed by atoms with Crippen LogP contribution in [0, 0.1) is 0 Å². The molecule has 0 aliphatic carbocycles. The maximum atomic E-state index is 11.4. The summed E-state index contributed by atoms with van der Waals surface area (Å²) in [5.41, 5.74) is 1.99. The topological polar surface area (TPSA) is 71.8 Å². The molecule has 0 fully saturated rings. The summed E-state index contributed by atoms with van der Waals surface area (Å²) in [5.74, 6) is 0.597. The van der Waals surface area contributed by atoms with Crippen LogP contribution >= 0.6 is 12.6 Å². The lowest BCUT2D eigenvalue weighted by atomic mass is 10.2. The quantitative estimate of drug-likeness (QED) is 0.620. The normalized spacial score (nSPS) is 10.5. The highest BCUT2D eigenvalue weighted by Gasteiger charge is 2.03. The van der Waals surface area contributed by atoms with E-state index in [1.807, 2.05) is 36.5 Å². The van der Waals surface area contributed by atoms with Gasteiger partial charge in [0.2, 0.25) is 5.91 Å². The van der Waals surface area contributed by atoms with Crippen molar-refractivity contribution in [1.29, 1.82) is 0 Å². The van der Waals surface area contributed by atoms with E-state index in [4.69, 9.17) is 0 Å². The van der Waals surface area contributed by atoms with Crippen LogP contribution in [0.15, 0.2) is 36.5 Å². The first-order chi connectivity index (χ1) is 10.3. The molecule has 2 aromatic rings. The van der Waals surface area contributed by atoms with Crippen molar-refractivity contribution >= 4 is 18.5 Å². The second kappa shape index (κ2) is 8.43. The molecule has 112 valence electrons. The second-order valence-electron chi connectivity index (χ2n) is 4.57. The first-order valence-corrected chi connectivity index (χ1v) is 7.42. The molecule has 0 unspecified atom stereocenters. The fourth-order valence-electron chi connectivity index (χ4n) is 1.83. The number of thiol groups is 1. The lowest BCUT2D eigenvalue weighted by Gasteiger charge is -2.03. The maximum absolute atomic E-state index is 11.4.